The van der Waals surface area contributed by atoms with Crippen LogP contribution in [0.25, 0.3) is 5.69 Å². The molecule has 1 N–H and O–H groups in total. The standard InChI is InChI=1S/C17H18N4O2S/c1-14(20-24(22,23)11-15-5-3-2-4-6-15)16-7-9-17(10-8-16)21-13-18-12-19-21/h2-10,12-14,20H,11H2,1H3. The molecule has 7 heteroatoms. The molecule has 0 fully saturated rings. The molecule has 3 aromatic rings. The van der Waals surface area contributed by atoms with Crippen LogP contribution >= 0.6 is 0 Å². The van der Waals surface area contributed by atoms with Crippen molar-refractivity contribution in [3.05, 3.63) is 78.4 Å². The van der Waals surface area contributed by atoms with E-state index in [4.69, 9.17) is 0 Å². The van der Waals surface area contributed by atoms with Gasteiger partial charge in [-0.2, -0.15) is 5.10 Å². The molecule has 1 atom stereocenters. The Morgan fingerprint density at radius 2 is 1.79 bits per heavy atom. The van der Waals surface area contributed by atoms with Gasteiger partial charge >= 0.3 is 0 Å². The van der Waals surface area contributed by atoms with Crippen LogP contribution in [0.2, 0.25) is 0 Å². The molecule has 0 saturated carbocycles. The minimum absolute atomic E-state index is 0.0325. The maximum Gasteiger partial charge on any atom is 0.216 e. The molecule has 0 aliphatic heterocycles. The van der Waals surface area contributed by atoms with Crippen molar-refractivity contribution in [3.8, 4) is 5.69 Å². The lowest BCUT2D eigenvalue weighted by Gasteiger charge is -2.15. The monoisotopic (exact) mass is 342 g/mol. The number of nitrogens with one attached hydrogen (secondary N) is 1. The highest BCUT2D eigenvalue weighted by atomic mass is 32.2. The first-order valence-electron chi connectivity index (χ1n) is 7.52. The Morgan fingerprint density at radius 3 is 2.42 bits per heavy atom. The van der Waals surface area contributed by atoms with Crippen molar-refractivity contribution < 1.29 is 8.42 Å². The molecule has 6 nitrogen and oxygen atoms in total. The number of benzene rings is 2. The van der Waals surface area contributed by atoms with Gasteiger partial charge in [0.15, 0.2) is 0 Å². The number of aromatic nitrogens is 3. The average molecular weight is 342 g/mol. The van der Waals surface area contributed by atoms with Gasteiger partial charge in [-0.15, -0.1) is 0 Å². The maximum absolute atomic E-state index is 12.3. The topological polar surface area (TPSA) is 76.9 Å². The van der Waals surface area contributed by atoms with E-state index in [0.29, 0.717) is 0 Å². The largest absolute Gasteiger partial charge is 0.223 e. The molecule has 3 rings (SSSR count). The first-order chi connectivity index (χ1) is 11.5. The van der Waals surface area contributed by atoms with E-state index in [0.717, 1.165) is 16.8 Å². The molecule has 0 aliphatic rings. The van der Waals surface area contributed by atoms with Gasteiger partial charge < -0.3 is 0 Å². The number of hydrogen-bond acceptors (Lipinski definition) is 4. The van der Waals surface area contributed by atoms with Gasteiger partial charge in [0.05, 0.1) is 11.4 Å². The lowest BCUT2D eigenvalue weighted by molar-refractivity contribution is 0.566. The molecule has 0 aliphatic carbocycles. The Bertz CT molecular complexity index is 876. The molecule has 0 amide bonds. The summed E-state index contributed by atoms with van der Waals surface area (Å²) in [5.74, 6) is -0.0325. The minimum Gasteiger partial charge on any atom is -0.223 e. The number of hydrogen-bond donors (Lipinski definition) is 1. The highest BCUT2D eigenvalue weighted by Gasteiger charge is 2.16. The van der Waals surface area contributed by atoms with Crippen molar-refractivity contribution in [2.75, 3.05) is 0 Å². The van der Waals surface area contributed by atoms with Crippen LogP contribution < -0.4 is 4.72 Å². The van der Waals surface area contributed by atoms with Crippen LogP contribution in [0.3, 0.4) is 0 Å². The van der Waals surface area contributed by atoms with E-state index >= 15 is 0 Å². The molecule has 0 saturated heterocycles. The summed E-state index contributed by atoms with van der Waals surface area (Å²) in [6, 6.07) is 16.3. The van der Waals surface area contributed by atoms with Crippen LogP contribution in [0, 0.1) is 0 Å². The van der Waals surface area contributed by atoms with Gasteiger partial charge in [0.2, 0.25) is 10.0 Å². The van der Waals surface area contributed by atoms with Gasteiger partial charge in [0, 0.05) is 6.04 Å². The van der Waals surface area contributed by atoms with Gasteiger partial charge in [-0.25, -0.2) is 22.8 Å². The van der Waals surface area contributed by atoms with E-state index < -0.39 is 10.0 Å². The second-order valence-electron chi connectivity index (χ2n) is 5.52. The second kappa shape index (κ2) is 6.94. The zero-order chi connectivity index (χ0) is 17.0. The summed E-state index contributed by atoms with van der Waals surface area (Å²) >= 11 is 0. The van der Waals surface area contributed by atoms with Crippen LogP contribution in [0.5, 0.6) is 0 Å². The average Bonchev–Trinajstić information content (AvgIpc) is 3.09. The van der Waals surface area contributed by atoms with E-state index in [1.807, 2.05) is 49.4 Å². The first kappa shape index (κ1) is 16.4. The summed E-state index contributed by atoms with van der Waals surface area (Å²) < 4.78 is 29.0. The Morgan fingerprint density at radius 1 is 1.08 bits per heavy atom. The molecular formula is C17H18N4O2S. The van der Waals surface area contributed by atoms with Crippen LogP contribution in [-0.2, 0) is 15.8 Å². The van der Waals surface area contributed by atoms with Gasteiger partial charge in [-0.05, 0) is 30.2 Å². The van der Waals surface area contributed by atoms with Crippen molar-refractivity contribution in [3.63, 3.8) is 0 Å². The molecule has 1 aromatic heterocycles. The summed E-state index contributed by atoms with van der Waals surface area (Å²) in [5.41, 5.74) is 2.52. The van der Waals surface area contributed by atoms with Crippen molar-refractivity contribution in [2.45, 2.75) is 18.7 Å². The minimum atomic E-state index is -3.41. The summed E-state index contributed by atoms with van der Waals surface area (Å²) in [6.45, 7) is 1.83. The number of rotatable bonds is 6. The Kier molecular flexibility index (Phi) is 4.73. The van der Waals surface area contributed by atoms with Gasteiger partial charge in [-0.3, -0.25) is 0 Å². The molecule has 1 heterocycles. The van der Waals surface area contributed by atoms with Crippen LogP contribution in [0.1, 0.15) is 24.1 Å². The SMILES string of the molecule is CC(NS(=O)(=O)Cc1ccccc1)c1ccc(-n2cncn2)cc1. The fourth-order valence-corrected chi connectivity index (χ4v) is 3.82. The fourth-order valence-electron chi connectivity index (χ4n) is 2.43. The van der Waals surface area contributed by atoms with Crippen molar-refractivity contribution >= 4 is 10.0 Å². The highest BCUT2D eigenvalue weighted by molar-refractivity contribution is 7.88. The molecule has 0 radical (unpaired) electrons. The Balaban J connectivity index is 1.69. The smallest absolute Gasteiger partial charge is 0.216 e. The van der Waals surface area contributed by atoms with Crippen LogP contribution in [0.15, 0.2) is 67.3 Å². The lowest BCUT2D eigenvalue weighted by Crippen LogP contribution is -2.28. The number of sulfonamides is 1. The highest BCUT2D eigenvalue weighted by Crippen LogP contribution is 2.17. The normalized spacial score (nSPS) is 12.9. The van der Waals surface area contributed by atoms with Crippen molar-refractivity contribution in [2.24, 2.45) is 0 Å². The van der Waals surface area contributed by atoms with Crippen LogP contribution in [0.4, 0.5) is 0 Å². The predicted octanol–water partition coefficient (Wildman–Crippen LogP) is 2.45. The summed E-state index contributed by atoms with van der Waals surface area (Å²) in [7, 11) is -3.41. The molecule has 24 heavy (non-hydrogen) atoms. The Hall–Kier alpha value is -2.51. The zero-order valence-corrected chi connectivity index (χ0v) is 14.0. The van der Waals surface area contributed by atoms with Gasteiger partial charge in [0.1, 0.15) is 12.7 Å². The van der Waals surface area contributed by atoms with Crippen molar-refractivity contribution in [1.29, 1.82) is 0 Å². The van der Waals surface area contributed by atoms with Gasteiger partial charge in [-0.1, -0.05) is 42.5 Å². The third-order valence-electron chi connectivity index (χ3n) is 3.63. The second-order valence-corrected chi connectivity index (χ2v) is 7.27. The third kappa shape index (κ3) is 4.06. The van der Waals surface area contributed by atoms with E-state index in [-0.39, 0.29) is 11.8 Å². The van der Waals surface area contributed by atoms with Gasteiger partial charge in [0.25, 0.3) is 0 Å². The Labute approximate surface area is 141 Å². The lowest BCUT2D eigenvalue weighted by atomic mass is 10.1. The van der Waals surface area contributed by atoms with E-state index in [1.165, 1.54) is 6.33 Å². The summed E-state index contributed by atoms with van der Waals surface area (Å²) in [4.78, 5) is 3.90. The first-order valence-corrected chi connectivity index (χ1v) is 9.18. The molecule has 0 bridgehead atoms. The van der Waals surface area contributed by atoms with E-state index in [9.17, 15) is 8.42 Å². The number of nitrogens with zero attached hydrogens (tertiary/aromatic N) is 3. The molecule has 0 spiro atoms. The van der Waals surface area contributed by atoms with E-state index in [1.54, 1.807) is 23.1 Å². The molecule has 1 unspecified atom stereocenters. The summed E-state index contributed by atoms with van der Waals surface area (Å²) in [5, 5.41) is 4.06. The molecule has 2 aromatic carbocycles. The molecular weight excluding hydrogens is 324 g/mol. The van der Waals surface area contributed by atoms with Crippen molar-refractivity contribution in [1.82, 2.24) is 19.5 Å². The predicted molar refractivity (Wildman–Crippen MR) is 92.0 cm³/mol. The fraction of sp³-hybridized carbons (Fsp3) is 0.176. The maximum atomic E-state index is 12.3. The zero-order valence-electron chi connectivity index (χ0n) is 13.2. The molecule has 124 valence electrons. The third-order valence-corrected chi connectivity index (χ3v) is 5.06. The quantitative estimate of drug-likeness (QED) is 0.746. The van der Waals surface area contributed by atoms with Crippen LogP contribution in [-0.4, -0.2) is 23.2 Å². The summed E-state index contributed by atoms with van der Waals surface area (Å²) in [6.07, 6.45) is 3.08. The van der Waals surface area contributed by atoms with E-state index in [2.05, 4.69) is 14.8 Å².